The number of carboxylic acid groups (broad SMARTS) is 1. The molecule has 2 aromatic carbocycles. The van der Waals surface area contributed by atoms with Gasteiger partial charge < -0.3 is 20.6 Å². The third-order valence-corrected chi connectivity index (χ3v) is 5.89. The van der Waals surface area contributed by atoms with E-state index in [9.17, 15) is 24.3 Å². The van der Waals surface area contributed by atoms with Gasteiger partial charge in [0.1, 0.15) is 11.4 Å². The molecule has 11 heteroatoms. The molecule has 3 rings (SSSR count). The van der Waals surface area contributed by atoms with Gasteiger partial charge in [0.25, 0.3) is 16.8 Å². The Morgan fingerprint density at radius 2 is 1.62 bits per heavy atom. The highest BCUT2D eigenvalue weighted by atomic mass is 35.5. The summed E-state index contributed by atoms with van der Waals surface area (Å²) in [6.45, 7) is 4.77. The number of aromatic nitrogens is 1. The van der Waals surface area contributed by atoms with Crippen LogP contribution in [0.3, 0.4) is 0 Å². The van der Waals surface area contributed by atoms with Crippen LogP contribution >= 0.6 is 23.2 Å². The van der Waals surface area contributed by atoms with Crippen LogP contribution < -0.4 is 26.4 Å². The third kappa shape index (κ3) is 5.21. The summed E-state index contributed by atoms with van der Waals surface area (Å²) >= 11 is 12.0. The Labute approximate surface area is 205 Å². The van der Waals surface area contributed by atoms with E-state index in [-0.39, 0.29) is 33.4 Å². The second kappa shape index (κ2) is 10.7. The Hall–Kier alpha value is -3.43. The Morgan fingerprint density at radius 1 is 1.03 bits per heavy atom. The topological polar surface area (TPSA) is 129 Å². The van der Waals surface area contributed by atoms with Crippen LogP contribution in [0.2, 0.25) is 10.0 Å². The van der Waals surface area contributed by atoms with Crippen molar-refractivity contribution in [3.05, 3.63) is 78.3 Å². The number of carboxylic acids is 1. The second-order valence-corrected chi connectivity index (χ2v) is 8.22. The molecule has 0 aliphatic heterocycles. The number of carbonyl (C=O) groups is 2. The van der Waals surface area contributed by atoms with Gasteiger partial charge in [-0.2, -0.15) is 0 Å². The van der Waals surface area contributed by atoms with Crippen LogP contribution in [0.25, 0.3) is 0 Å². The molecule has 1 amide bonds. The molecule has 1 aromatic heterocycles. The summed E-state index contributed by atoms with van der Waals surface area (Å²) in [4.78, 5) is 53.9. The molecule has 1 heterocycles. The van der Waals surface area contributed by atoms with Gasteiger partial charge in [-0.1, -0.05) is 35.3 Å². The number of anilines is 3. The standard InChI is InChI=1S/C23H22Cl2N4O5/c1-3-29(4-2)20-19(21(32)22(20)33)28-16(9-17(30)31)12-5-7-13(8-6-12)27-23(34)18-14(24)10-26-11-15(18)25/h5-8,10-11,16,28H,3-4,9H2,1-2H3,(H,27,34)(H,30,31)/t16-/m1/s1. The summed E-state index contributed by atoms with van der Waals surface area (Å²) in [6.07, 6.45) is 2.28. The molecule has 1 atom stereocenters. The van der Waals surface area contributed by atoms with Gasteiger partial charge in [-0.3, -0.25) is 24.2 Å². The molecule has 3 N–H and O–H groups in total. The minimum atomic E-state index is -1.08. The van der Waals surface area contributed by atoms with Crippen LogP contribution in [-0.2, 0) is 4.79 Å². The highest BCUT2D eigenvalue weighted by Gasteiger charge is 2.28. The van der Waals surface area contributed by atoms with Crippen LogP contribution in [0.15, 0.2) is 46.2 Å². The average molecular weight is 505 g/mol. The van der Waals surface area contributed by atoms with Crippen molar-refractivity contribution >= 4 is 52.1 Å². The maximum absolute atomic E-state index is 12.6. The van der Waals surface area contributed by atoms with E-state index in [1.54, 1.807) is 29.2 Å². The van der Waals surface area contributed by atoms with Crippen molar-refractivity contribution in [1.82, 2.24) is 4.98 Å². The van der Waals surface area contributed by atoms with Gasteiger partial charge in [0, 0.05) is 31.2 Å². The largest absolute Gasteiger partial charge is 0.481 e. The summed E-state index contributed by atoms with van der Waals surface area (Å²) < 4.78 is 0. The van der Waals surface area contributed by atoms with E-state index in [0.29, 0.717) is 24.3 Å². The van der Waals surface area contributed by atoms with Crippen molar-refractivity contribution in [1.29, 1.82) is 0 Å². The SMILES string of the molecule is CCN(CC)c1c(N[C@H](CC(=O)O)c2ccc(NC(=O)c3c(Cl)cncc3Cl)cc2)c(=O)c1=O. The third-order valence-electron chi connectivity index (χ3n) is 5.31. The van der Waals surface area contributed by atoms with Gasteiger partial charge in [0.05, 0.1) is 28.1 Å². The molecule has 0 saturated heterocycles. The molecule has 0 bridgehead atoms. The predicted octanol–water partition coefficient (Wildman–Crippen LogP) is 3.71. The quantitative estimate of drug-likeness (QED) is 0.356. The Morgan fingerprint density at radius 3 is 2.15 bits per heavy atom. The Bertz CT molecular complexity index is 1260. The molecule has 3 aromatic rings. The number of hydrogen-bond acceptors (Lipinski definition) is 7. The zero-order valence-corrected chi connectivity index (χ0v) is 19.9. The van der Waals surface area contributed by atoms with Crippen molar-refractivity contribution in [2.75, 3.05) is 28.6 Å². The lowest BCUT2D eigenvalue weighted by Crippen LogP contribution is -2.43. The minimum Gasteiger partial charge on any atom is -0.481 e. The zero-order chi connectivity index (χ0) is 25.0. The van der Waals surface area contributed by atoms with Crippen molar-refractivity contribution in [2.24, 2.45) is 0 Å². The first-order chi connectivity index (χ1) is 16.2. The van der Waals surface area contributed by atoms with Crippen molar-refractivity contribution in [3.63, 3.8) is 0 Å². The average Bonchev–Trinajstić information content (AvgIpc) is 2.80. The number of benzene rings is 1. The fraction of sp³-hybridized carbons (Fsp3) is 0.261. The monoisotopic (exact) mass is 504 g/mol. The molecule has 0 unspecified atom stereocenters. The normalized spacial score (nSPS) is 11.8. The van der Waals surface area contributed by atoms with Gasteiger partial charge >= 0.3 is 5.97 Å². The molecule has 34 heavy (non-hydrogen) atoms. The molecular weight excluding hydrogens is 483 g/mol. The summed E-state index contributed by atoms with van der Waals surface area (Å²) in [6, 6.07) is 5.63. The zero-order valence-electron chi connectivity index (χ0n) is 18.4. The van der Waals surface area contributed by atoms with Crippen LogP contribution in [0.4, 0.5) is 17.1 Å². The number of hydrogen-bond donors (Lipinski definition) is 3. The number of aliphatic carboxylic acids is 1. The smallest absolute Gasteiger partial charge is 0.305 e. The summed E-state index contributed by atoms with van der Waals surface area (Å²) in [5.41, 5.74) is 0.166. The van der Waals surface area contributed by atoms with Gasteiger partial charge in [0.15, 0.2) is 0 Å². The number of halogens is 2. The van der Waals surface area contributed by atoms with Gasteiger partial charge in [0.2, 0.25) is 0 Å². The van der Waals surface area contributed by atoms with Crippen molar-refractivity contribution < 1.29 is 14.7 Å². The van der Waals surface area contributed by atoms with E-state index >= 15 is 0 Å². The van der Waals surface area contributed by atoms with Gasteiger partial charge in [-0.05, 0) is 31.5 Å². The number of carbonyl (C=O) groups excluding carboxylic acids is 1. The second-order valence-electron chi connectivity index (χ2n) is 7.40. The van der Waals surface area contributed by atoms with Crippen LogP contribution in [0, 0.1) is 0 Å². The fourth-order valence-electron chi connectivity index (χ4n) is 3.58. The van der Waals surface area contributed by atoms with Crippen LogP contribution in [0.1, 0.15) is 42.2 Å². The molecule has 0 spiro atoms. The minimum absolute atomic E-state index is 0.0804. The predicted molar refractivity (Wildman–Crippen MR) is 132 cm³/mol. The van der Waals surface area contributed by atoms with E-state index in [0.717, 1.165) is 0 Å². The lowest BCUT2D eigenvalue weighted by molar-refractivity contribution is -0.137. The lowest BCUT2D eigenvalue weighted by atomic mass is 10.0. The first-order valence-electron chi connectivity index (χ1n) is 10.4. The lowest BCUT2D eigenvalue weighted by Gasteiger charge is -2.27. The molecule has 0 aliphatic carbocycles. The fourth-order valence-corrected chi connectivity index (χ4v) is 4.11. The summed E-state index contributed by atoms with van der Waals surface area (Å²) in [5.74, 6) is -1.61. The van der Waals surface area contributed by atoms with Gasteiger partial charge in [-0.25, -0.2) is 0 Å². The summed E-state index contributed by atoms with van der Waals surface area (Å²) in [5, 5.41) is 15.2. The molecule has 0 saturated carbocycles. The molecular formula is C23H22Cl2N4O5. The van der Waals surface area contributed by atoms with Crippen LogP contribution in [-0.4, -0.2) is 35.1 Å². The Kier molecular flexibility index (Phi) is 7.90. The number of nitrogens with zero attached hydrogens (tertiary/aromatic N) is 2. The highest BCUT2D eigenvalue weighted by Crippen LogP contribution is 2.29. The molecule has 0 fully saturated rings. The number of rotatable bonds is 10. The molecule has 0 radical (unpaired) electrons. The van der Waals surface area contributed by atoms with E-state index in [2.05, 4.69) is 15.6 Å². The Balaban J connectivity index is 1.83. The van der Waals surface area contributed by atoms with Gasteiger partial charge in [-0.15, -0.1) is 0 Å². The molecule has 0 aliphatic rings. The van der Waals surface area contributed by atoms with Crippen molar-refractivity contribution in [2.45, 2.75) is 26.3 Å². The molecule has 178 valence electrons. The van der Waals surface area contributed by atoms with E-state index in [1.165, 1.54) is 12.4 Å². The number of nitrogens with one attached hydrogen (secondary N) is 2. The first-order valence-corrected chi connectivity index (χ1v) is 11.2. The maximum atomic E-state index is 12.6. The maximum Gasteiger partial charge on any atom is 0.305 e. The summed E-state index contributed by atoms with van der Waals surface area (Å²) in [7, 11) is 0. The first kappa shape index (κ1) is 25.2. The van der Waals surface area contributed by atoms with E-state index < -0.39 is 28.8 Å². The number of amides is 1. The van der Waals surface area contributed by atoms with E-state index in [4.69, 9.17) is 23.2 Å². The van der Waals surface area contributed by atoms with Crippen molar-refractivity contribution in [3.8, 4) is 0 Å². The highest BCUT2D eigenvalue weighted by molar-refractivity contribution is 6.40. The van der Waals surface area contributed by atoms with Crippen LogP contribution in [0.5, 0.6) is 0 Å². The van der Waals surface area contributed by atoms with E-state index in [1.807, 2.05) is 13.8 Å². The number of pyridine rings is 1. The molecule has 9 nitrogen and oxygen atoms in total.